The van der Waals surface area contributed by atoms with E-state index >= 15 is 0 Å². The van der Waals surface area contributed by atoms with Crippen LogP contribution in [-0.2, 0) is 20.7 Å². The van der Waals surface area contributed by atoms with Crippen LogP contribution < -0.4 is 19.5 Å². The van der Waals surface area contributed by atoms with E-state index in [1.807, 2.05) is 12.1 Å². The summed E-state index contributed by atoms with van der Waals surface area (Å²) in [5.41, 5.74) is 1.55. The molecule has 0 unspecified atom stereocenters. The summed E-state index contributed by atoms with van der Waals surface area (Å²) in [6.45, 7) is 0. The molecule has 0 radical (unpaired) electrons. The van der Waals surface area contributed by atoms with Crippen molar-refractivity contribution in [3.8, 4) is 17.2 Å². The summed E-state index contributed by atoms with van der Waals surface area (Å²) in [6.07, 6.45) is 0.176. The molecule has 0 heterocycles. The summed E-state index contributed by atoms with van der Waals surface area (Å²) < 4.78 is 20.4. The molecule has 2 aromatic carbocycles. The normalized spacial score (nSPS) is 11.3. The number of nitrogens with one attached hydrogen (secondary N) is 1. The van der Waals surface area contributed by atoms with Crippen LogP contribution in [0.5, 0.6) is 17.2 Å². The minimum atomic E-state index is -0.557. The summed E-state index contributed by atoms with van der Waals surface area (Å²) in [4.78, 5) is 24.4. The van der Waals surface area contributed by atoms with Crippen molar-refractivity contribution in [1.82, 2.24) is 5.32 Å². The molecule has 0 aromatic heterocycles. The van der Waals surface area contributed by atoms with E-state index in [-0.39, 0.29) is 18.7 Å². The highest BCUT2D eigenvalue weighted by Gasteiger charge is 2.21. The lowest BCUT2D eigenvalue weighted by atomic mass is 10.0. The van der Waals surface area contributed by atoms with Gasteiger partial charge >= 0.3 is 5.97 Å². The fourth-order valence-corrected chi connectivity index (χ4v) is 2.75. The van der Waals surface area contributed by atoms with Crippen molar-refractivity contribution >= 4 is 11.9 Å². The van der Waals surface area contributed by atoms with E-state index in [1.165, 1.54) is 14.2 Å². The second kappa shape index (κ2) is 10.2. The molecular formula is C21H25NO6. The maximum Gasteiger partial charge on any atom is 0.307 e. The van der Waals surface area contributed by atoms with E-state index in [0.29, 0.717) is 17.1 Å². The van der Waals surface area contributed by atoms with Crippen molar-refractivity contribution in [2.24, 2.45) is 0 Å². The van der Waals surface area contributed by atoms with Gasteiger partial charge in [-0.05, 0) is 35.4 Å². The summed E-state index contributed by atoms with van der Waals surface area (Å²) >= 11 is 0. The van der Waals surface area contributed by atoms with E-state index in [1.54, 1.807) is 44.6 Å². The molecule has 0 fully saturated rings. The number of methoxy groups -OCH3 is 4. The molecule has 0 saturated heterocycles. The zero-order valence-electron chi connectivity index (χ0n) is 16.5. The van der Waals surface area contributed by atoms with Crippen molar-refractivity contribution in [2.45, 2.75) is 18.9 Å². The van der Waals surface area contributed by atoms with Crippen LogP contribution in [0.4, 0.5) is 0 Å². The summed E-state index contributed by atoms with van der Waals surface area (Å²) in [5.74, 6) is 1.16. The largest absolute Gasteiger partial charge is 0.497 e. The predicted octanol–water partition coefficient (Wildman–Crippen LogP) is 2.68. The van der Waals surface area contributed by atoms with Gasteiger partial charge in [0.1, 0.15) is 5.75 Å². The number of esters is 1. The van der Waals surface area contributed by atoms with E-state index in [9.17, 15) is 9.59 Å². The van der Waals surface area contributed by atoms with Gasteiger partial charge in [-0.15, -0.1) is 0 Å². The zero-order chi connectivity index (χ0) is 20.5. The number of carbonyl (C=O) groups is 2. The number of hydrogen-bond acceptors (Lipinski definition) is 6. The first-order chi connectivity index (χ1) is 13.5. The van der Waals surface area contributed by atoms with E-state index < -0.39 is 12.0 Å². The Balaban J connectivity index is 2.17. The fourth-order valence-electron chi connectivity index (χ4n) is 2.75. The number of hydrogen-bond donors (Lipinski definition) is 1. The average Bonchev–Trinajstić information content (AvgIpc) is 2.73. The molecule has 0 saturated carbocycles. The number of rotatable bonds is 9. The van der Waals surface area contributed by atoms with Crippen molar-refractivity contribution in [2.75, 3.05) is 28.4 Å². The third kappa shape index (κ3) is 5.64. The van der Waals surface area contributed by atoms with Crippen LogP contribution in [-0.4, -0.2) is 40.3 Å². The van der Waals surface area contributed by atoms with Gasteiger partial charge in [0.05, 0.1) is 47.3 Å². The van der Waals surface area contributed by atoms with Crippen LogP contribution in [0, 0.1) is 0 Å². The standard InChI is InChI=1S/C21H25NO6/c1-25-16-8-5-14(6-9-16)11-20(23)22-17(13-21(24)28-4)15-7-10-18(26-2)19(12-15)27-3/h5-10,12,17H,11,13H2,1-4H3,(H,22,23)/t17-/m1/s1. The van der Waals surface area contributed by atoms with Crippen LogP contribution >= 0.6 is 0 Å². The van der Waals surface area contributed by atoms with Gasteiger partial charge in [-0.2, -0.15) is 0 Å². The lowest BCUT2D eigenvalue weighted by Gasteiger charge is -2.20. The Morgan fingerprint density at radius 3 is 2.14 bits per heavy atom. The van der Waals surface area contributed by atoms with E-state index in [4.69, 9.17) is 18.9 Å². The van der Waals surface area contributed by atoms with Gasteiger partial charge in [0.2, 0.25) is 5.91 Å². The van der Waals surface area contributed by atoms with Gasteiger partial charge in [-0.1, -0.05) is 18.2 Å². The molecule has 7 heteroatoms. The maximum absolute atomic E-state index is 12.5. The molecule has 1 atom stereocenters. The summed E-state index contributed by atoms with van der Waals surface area (Å²) in [7, 11) is 5.97. The Morgan fingerprint density at radius 1 is 0.893 bits per heavy atom. The Bertz CT molecular complexity index is 803. The molecule has 2 rings (SSSR count). The van der Waals surface area contributed by atoms with Crippen molar-refractivity contribution in [1.29, 1.82) is 0 Å². The third-order valence-corrected chi connectivity index (χ3v) is 4.27. The maximum atomic E-state index is 12.5. The van der Waals surface area contributed by atoms with Crippen LogP contribution in [0.25, 0.3) is 0 Å². The van der Waals surface area contributed by atoms with Crippen molar-refractivity contribution < 1.29 is 28.5 Å². The highest BCUT2D eigenvalue weighted by molar-refractivity contribution is 5.80. The van der Waals surface area contributed by atoms with Gasteiger partial charge in [-0.3, -0.25) is 9.59 Å². The first-order valence-electron chi connectivity index (χ1n) is 8.71. The summed E-state index contributed by atoms with van der Waals surface area (Å²) in [5, 5.41) is 2.90. The molecule has 28 heavy (non-hydrogen) atoms. The molecule has 2 aromatic rings. The van der Waals surface area contributed by atoms with Gasteiger partial charge in [0.25, 0.3) is 0 Å². The molecule has 0 spiro atoms. The first kappa shape index (κ1) is 21.1. The highest BCUT2D eigenvalue weighted by atomic mass is 16.5. The van der Waals surface area contributed by atoms with Crippen LogP contribution in [0.3, 0.4) is 0 Å². The quantitative estimate of drug-likeness (QED) is 0.666. The molecule has 150 valence electrons. The second-order valence-corrected chi connectivity index (χ2v) is 6.04. The van der Waals surface area contributed by atoms with Gasteiger partial charge in [0, 0.05) is 0 Å². The third-order valence-electron chi connectivity index (χ3n) is 4.27. The molecule has 0 aliphatic heterocycles. The SMILES string of the molecule is COC(=O)C[C@@H](NC(=O)Cc1ccc(OC)cc1)c1ccc(OC)c(OC)c1. The number of ether oxygens (including phenoxy) is 4. The van der Waals surface area contributed by atoms with Gasteiger partial charge in [0.15, 0.2) is 11.5 Å². The Morgan fingerprint density at radius 2 is 1.57 bits per heavy atom. The minimum Gasteiger partial charge on any atom is -0.497 e. The molecule has 7 nitrogen and oxygen atoms in total. The monoisotopic (exact) mass is 387 g/mol. The fraction of sp³-hybridized carbons (Fsp3) is 0.333. The second-order valence-electron chi connectivity index (χ2n) is 6.04. The lowest BCUT2D eigenvalue weighted by molar-refractivity contribution is -0.141. The molecule has 0 aliphatic rings. The first-order valence-corrected chi connectivity index (χ1v) is 8.71. The zero-order valence-corrected chi connectivity index (χ0v) is 16.5. The number of carbonyl (C=O) groups excluding carboxylic acids is 2. The van der Waals surface area contributed by atoms with Gasteiger partial charge in [-0.25, -0.2) is 0 Å². The molecule has 0 bridgehead atoms. The van der Waals surface area contributed by atoms with Gasteiger partial charge < -0.3 is 24.3 Å². The number of amides is 1. The van der Waals surface area contributed by atoms with Crippen molar-refractivity contribution in [3.05, 3.63) is 53.6 Å². The molecule has 1 amide bonds. The highest BCUT2D eigenvalue weighted by Crippen LogP contribution is 2.31. The molecular weight excluding hydrogens is 362 g/mol. The molecule has 0 aliphatic carbocycles. The lowest BCUT2D eigenvalue weighted by Crippen LogP contribution is -2.31. The predicted molar refractivity (Wildman–Crippen MR) is 104 cm³/mol. The Hall–Kier alpha value is -3.22. The van der Waals surface area contributed by atoms with E-state index in [0.717, 1.165) is 11.3 Å². The average molecular weight is 387 g/mol. The summed E-state index contributed by atoms with van der Waals surface area (Å²) in [6, 6.07) is 11.9. The Labute approximate surface area is 164 Å². The van der Waals surface area contributed by atoms with Crippen LogP contribution in [0.1, 0.15) is 23.6 Å². The number of benzene rings is 2. The van der Waals surface area contributed by atoms with Crippen LogP contribution in [0.2, 0.25) is 0 Å². The van der Waals surface area contributed by atoms with Crippen LogP contribution in [0.15, 0.2) is 42.5 Å². The topological polar surface area (TPSA) is 83.1 Å². The minimum absolute atomic E-state index is 0.000333. The van der Waals surface area contributed by atoms with E-state index in [2.05, 4.69) is 5.32 Å². The smallest absolute Gasteiger partial charge is 0.307 e. The molecule has 1 N–H and O–H groups in total. The Kier molecular flexibility index (Phi) is 7.68. The van der Waals surface area contributed by atoms with Crippen molar-refractivity contribution in [3.63, 3.8) is 0 Å².